The number of aryl methyl sites for hydroxylation is 1. The highest BCUT2D eigenvalue weighted by atomic mass is 16.3. The molecule has 27 heavy (non-hydrogen) atoms. The van der Waals surface area contributed by atoms with Crippen LogP contribution in [0.15, 0.2) is 85.2 Å². The fourth-order valence-corrected chi connectivity index (χ4v) is 4.13. The van der Waals surface area contributed by atoms with Gasteiger partial charge in [-0.1, -0.05) is 48.5 Å². The summed E-state index contributed by atoms with van der Waals surface area (Å²) < 4.78 is 2.19. The average Bonchev–Trinajstić information content (AvgIpc) is 3.26. The highest BCUT2D eigenvalue weighted by molar-refractivity contribution is 5.89. The molecule has 0 radical (unpaired) electrons. The maximum absolute atomic E-state index is 9.78. The lowest BCUT2D eigenvalue weighted by molar-refractivity contribution is 0.475. The van der Waals surface area contributed by atoms with Gasteiger partial charge < -0.3 is 14.7 Å². The van der Waals surface area contributed by atoms with Crippen molar-refractivity contribution in [2.24, 2.45) is 7.05 Å². The van der Waals surface area contributed by atoms with Crippen molar-refractivity contribution in [1.29, 1.82) is 0 Å². The molecule has 0 spiro atoms. The molecule has 2 heterocycles. The van der Waals surface area contributed by atoms with E-state index in [-0.39, 0.29) is 11.7 Å². The number of phenolic OH excluding ortho intramolecular Hbond substituents is 1. The molecular weight excluding hydrogens is 332 g/mol. The number of aromatic hydroxyl groups is 1. The van der Waals surface area contributed by atoms with Crippen LogP contribution in [0.2, 0.25) is 0 Å². The number of H-pyrrole nitrogens is 1. The monoisotopic (exact) mass is 352 g/mol. The van der Waals surface area contributed by atoms with Crippen LogP contribution in [-0.4, -0.2) is 14.7 Å². The molecule has 3 aromatic carbocycles. The zero-order chi connectivity index (χ0) is 18.4. The Morgan fingerprint density at radius 3 is 2.33 bits per heavy atom. The molecule has 5 aromatic rings. The average molecular weight is 352 g/mol. The molecule has 5 rings (SSSR count). The highest BCUT2D eigenvalue weighted by Crippen LogP contribution is 2.40. The van der Waals surface area contributed by atoms with Crippen LogP contribution >= 0.6 is 0 Å². The summed E-state index contributed by atoms with van der Waals surface area (Å²) in [6.07, 6.45) is 4.34. The molecule has 0 saturated carbocycles. The summed E-state index contributed by atoms with van der Waals surface area (Å²) in [5.41, 5.74) is 6.03. The highest BCUT2D eigenvalue weighted by Gasteiger charge is 2.23. The van der Waals surface area contributed by atoms with Crippen LogP contribution in [0.25, 0.3) is 21.8 Å². The van der Waals surface area contributed by atoms with Gasteiger partial charge in [0.05, 0.1) is 0 Å². The molecule has 1 atom stereocenters. The summed E-state index contributed by atoms with van der Waals surface area (Å²) in [4.78, 5) is 3.42. The fourth-order valence-electron chi connectivity index (χ4n) is 4.13. The zero-order valence-electron chi connectivity index (χ0n) is 15.1. The maximum atomic E-state index is 9.78. The van der Waals surface area contributed by atoms with Gasteiger partial charge >= 0.3 is 0 Å². The number of phenols is 1. The van der Waals surface area contributed by atoms with Crippen LogP contribution in [0, 0.1) is 0 Å². The molecule has 1 unspecified atom stereocenters. The van der Waals surface area contributed by atoms with Gasteiger partial charge in [-0.15, -0.1) is 0 Å². The lowest BCUT2D eigenvalue weighted by atomic mass is 9.85. The maximum Gasteiger partial charge on any atom is 0.115 e. The van der Waals surface area contributed by atoms with Crippen LogP contribution in [0.5, 0.6) is 5.75 Å². The molecule has 0 saturated heterocycles. The van der Waals surface area contributed by atoms with Crippen LogP contribution in [0.1, 0.15) is 22.6 Å². The van der Waals surface area contributed by atoms with E-state index in [4.69, 9.17) is 0 Å². The second-order valence-corrected chi connectivity index (χ2v) is 7.03. The van der Waals surface area contributed by atoms with E-state index >= 15 is 0 Å². The summed E-state index contributed by atoms with van der Waals surface area (Å²) in [7, 11) is 2.09. The quantitative estimate of drug-likeness (QED) is 0.439. The molecule has 132 valence electrons. The third-order valence-corrected chi connectivity index (χ3v) is 5.40. The van der Waals surface area contributed by atoms with E-state index in [1.54, 1.807) is 12.1 Å². The third kappa shape index (κ3) is 2.51. The number of rotatable bonds is 3. The summed E-state index contributed by atoms with van der Waals surface area (Å²) in [6.45, 7) is 0. The van der Waals surface area contributed by atoms with Gasteiger partial charge in [-0.2, -0.15) is 0 Å². The van der Waals surface area contributed by atoms with E-state index in [9.17, 15) is 5.11 Å². The Bertz CT molecular complexity index is 1240. The molecule has 0 fully saturated rings. The molecule has 2 N–H and O–H groups in total. The second-order valence-electron chi connectivity index (χ2n) is 7.03. The van der Waals surface area contributed by atoms with Crippen LogP contribution < -0.4 is 0 Å². The Balaban J connectivity index is 1.82. The standard InChI is InChI=1S/C24H20N2O/c1-26-15-21(19-7-3-5-9-23(19)26)24(16-10-12-17(27)13-11-16)20-14-25-22-8-4-2-6-18(20)22/h2-15,24-25,27H,1H3. The number of aromatic nitrogens is 2. The predicted octanol–water partition coefficient (Wildman–Crippen LogP) is 5.55. The van der Waals surface area contributed by atoms with Gasteiger partial charge in [0.25, 0.3) is 0 Å². The Hall–Kier alpha value is -3.46. The first kappa shape index (κ1) is 15.8. The van der Waals surface area contributed by atoms with E-state index in [0.717, 1.165) is 11.1 Å². The lowest BCUT2D eigenvalue weighted by Gasteiger charge is -2.17. The van der Waals surface area contributed by atoms with E-state index in [1.807, 2.05) is 12.1 Å². The van der Waals surface area contributed by atoms with Crippen LogP contribution in [0.4, 0.5) is 0 Å². The van der Waals surface area contributed by atoms with Crippen LogP contribution in [-0.2, 0) is 7.05 Å². The summed E-state index contributed by atoms with van der Waals surface area (Å²) in [5.74, 6) is 0.363. The van der Waals surface area contributed by atoms with Gasteiger partial charge in [0.2, 0.25) is 0 Å². The smallest absolute Gasteiger partial charge is 0.115 e. The van der Waals surface area contributed by atoms with Gasteiger partial charge in [-0.05, 0) is 41.0 Å². The second kappa shape index (κ2) is 6.06. The largest absolute Gasteiger partial charge is 0.508 e. The Labute approximate surface area is 157 Å². The van der Waals surface area contributed by atoms with Crippen molar-refractivity contribution in [1.82, 2.24) is 9.55 Å². The molecule has 3 heteroatoms. The van der Waals surface area contributed by atoms with E-state index < -0.39 is 0 Å². The Morgan fingerprint density at radius 1 is 0.815 bits per heavy atom. The SMILES string of the molecule is Cn1cc(C(c2ccc(O)cc2)c2c[nH]c3ccccc23)c2ccccc21. The van der Waals surface area contributed by atoms with Crippen molar-refractivity contribution >= 4 is 21.8 Å². The Kier molecular flexibility index (Phi) is 3.54. The minimum absolute atomic E-state index is 0.0767. The first-order valence-corrected chi connectivity index (χ1v) is 9.11. The topological polar surface area (TPSA) is 41.0 Å². The normalized spacial score (nSPS) is 12.6. The van der Waals surface area contributed by atoms with Crippen molar-refractivity contribution in [2.45, 2.75) is 5.92 Å². The number of nitrogens with zero attached hydrogens (tertiary/aromatic N) is 1. The van der Waals surface area contributed by atoms with E-state index in [0.29, 0.717) is 0 Å². The first-order valence-electron chi connectivity index (χ1n) is 9.11. The van der Waals surface area contributed by atoms with Crippen LogP contribution in [0.3, 0.4) is 0 Å². The fraction of sp³-hybridized carbons (Fsp3) is 0.0833. The van der Waals surface area contributed by atoms with E-state index in [1.165, 1.54) is 27.4 Å². The molecular formula is C24H20N2O. The predicted molar refractivity (Wildman–Crippen MR) is 110 cm³/mol. The molecule has 3 nitrogen and oxygen atoms in total. The minimum atomic E-state index is 0.0767. The molecule has 0 aliphatic carbocycles. The molecule has 0 aliphatic heterocycles. The van der Waals surface area contributed by atoms with Crippen molar-refractivity contribution in [2.75, 3.05) is 0 Å². The summed E-state index contributed by atoms with van der Waals surface area (Å²) in [6, 6.07) is 24.5. The van der Waals surface area contributed by atoms with E-state index in [2.05, 4.69) is 77.5 Å². The van der Waals surface area contributed by atoms with Gasteiger partial charge in [0.1, 0.15) is 5.75 Å². The number of hydrogen-bond donors (Lipinski definition) is 2. The van der Waals surface area contributed by atoms with Crippen molar-refractivity contribution in [3.8, 4) is 5.75 Å². The third-order valence-electron chi connectivity index (χ3n) is 5.40. The van der Waals surface area contributed by atoms with Gasteiger partial charge in [-0.3, -0.25) is 0 Å². The lowest BCUT2D eigenvalue weighted by Crippen LogP contribution is -2.02. The number of para-hydroxylation sites is 2. The molecule has 2 aromatic heterocycles. The molecule has 0 bridgehead atoms. The number of nitrogens with one attached hydrogen (secondary N) is 1. The number of fused-ring (bicyclic) bond motifs is 2. The first-order chi connectivity index (χ1) is 13.2. The summed E-state index contributed by atoms with van der Waals surface area (Å²) >= 11 is 0. The van der Waals surface area contributed by atoms with Gasteiger partial charge in [0, 0.05) is 47.2 Å². The molecule has 0 aliphatic rings. The zero-order valence-corrected chi connectivity index (χ0v) is 15.1. The molecule has 0 amide bonds. The summed E-state index contributed by atoms with van der Waals surface area (Å²) in [5, 5.41) is 12.3. The van der Waals surface area contributed by atoms with Gasteiger partial charge in [0.15, 0.2) is 0 Å². The number of hydrogen-bond acceptors (Lipinski definition) is 1. The number of aromatic amines is 1. The van der Waals surface area contributed by atoms with Crippen molar-refractivity contribution in [3.05, 3.63) is 102 Å². The van der Waals surface area contributed by atoms with Crippen molar-refractivity contribution < 1.29 is 5.11 Å². The minimum Gasteiger partial charge on any atom is -0.508 e. The Morgan fingerprint density at radius 2 is 1.52 bits per heavy atom. The van der Waals surface area contributed by atoms with Crippen molar-refractivity contribution in [3.63, 3.8) is 0 Å². The number of benzene rings is 3. The van der Waals surface area contributed by atoms with Gasteiger partial charge in [-0.25, -0.2) is 0 Å².